The standard InChI is InChI=1S/C13H11IN2O2/c14-12-7-6-11(18-12)9-15-16-13(17)8-10-4-2-1-3-5-10/h1-7,9H,8H2,(H,16,17)/b15-9-. The van der Waals surface area contributed by atoms with Gasteiger partial charge in [0.05, 0.1) is 12.6 Å². The molecule has 1 aromatic heterocycles. The normalized spacial score (nSPS) is 10.7. The number of rotatable bonds is 4. The molecule has 4 nitrogen and oxygen atoms in total. The summed E-state index contributed by atoms with van der Waals surface area (Å²) in [6.45, 7) is 0. The molecular formula is C13H11IN2O2. The van der Waals surface area contributed by atoms with E-state index < -0.39 is 0 Å². The molecule has 0 saturated carbocycles. The van der Waals surface area contributed by atoms with E-state index in [0.29, 0.717) is 12.2 Å². The first-order chi connectivity index (χ1) is 8.74. The number of amides is 1. The van der Waals surface area contributed by atoms with Gasteiger partial charge in [-0.25, -0.2) is 5.43 Å². The van der Waals surface area contributed by atoms with Crippen molar-refractivity contribution in [2.75, 3.05) is 0 Å². The molecule has 2 aromatic rings. The minimum absolute atomic E-state index is 0.154. The number of carbonyl (C=O) groups excluding carboxylic acids is 1. The van der Waals surface area contributed by atoms with Gasteiger partial charge >= 0.3 is 0 Å². The largest absolute Gasteiger partial charge is 0.449 e. The van der Waals surface area contributed by atoms with E-state index in [-0.39, 0.29) is 5.91 Å². The number of benzene rings is 1. The van der Waals surface area contributed by atoms with Crippen molar-refractivity contribution in [2.24, 2.45) is 5.10 Å². The molecule has 0 aliphatic rings. The van der Waals surface area contributed by atoms with E-state index >= 15 is 0 Å². The van der Waals surface area contributed by atoms with Crippen molar-refractivity contribution < 1.29 is 9.21 Å². The first-order valence-electron chi connectivity index (χ1n) is 5.35. The van der Waals surface area contributed by atoms with Crippen molar-refractivity contribution in [1.82, 2.24) is 5.43 Å². The Labute approximate surface area is 118 Å². The highest BCUT2D eigenvalue weighted by Crippen LogP contribution is 2.07. The van der Waals surface area contributed by atoms with Crippen molar-refractivity contribution in [3.05, 3.63) is 57.6 Å². The topological polar surface area (TPSA) is 54.6 Å². The summed E-state index contributed by atoms with van der Waals surface area (Å²) in [6.07, 6.45) is 1.79. The zero-order valence-electron chi connectivity index (χ0n) is 9.47. The molecule has 1 heterocycles. The average molecular weight is 354 g/mol. The summed E-state index contributed by atoms with van der Waals surface area (Å²) in [5.74, 6) is 0.457. The fourth-order valence-corrected chi connectivity index (χ4v) is 1.82. The summed E-state index contributed by atoms with van der Waals surface area (Å²) in [6, 6.07) is 13.1. The summed E-state index contributed by atoms with van der Waals surface area (Å²) in [7, 11) is 0. The van der Waals surface area contributed by atoms with Gasteiger partial charge in [0.1, 0.15) is 5.76 Å². The van der Waals surface area contributed by atoms with Crippen molar-refractivity contribution in [2.45, 2.75) is 6.42 Å². The summed E-state index contributed by atoms with van der Waals surface area (Å²) in [5, 5.41) is 3.83. The van der Waals surface area contributed by atoms with E-state index in [1.165, 1.54) is 6.21 Å². The highest BCUT2D eigenvalue weighted by molar-refractivity contribution is 14.1. The van der Waals surface area contributed by atoms with Crippen LogP contribution in [0.25, 0.3) is 0 Å². The highest BCUT2D eigenvalue weighted by Gasteiger charge is 2.01. The number of hydrogen-bond donors (Lipinski definition) is 1. The molecule has 1 amide bonds. The van der Waals surface area contributed by atoms with Crippen LogP contribution in [0.5, 0.6) is 0 Å². The lowest BCUT2D eigenvalue weighted by Gasteiger charge is -1.99. The van der Waals surface area contributed by atoms with Crippen molar-refractivity contribution in [1.29, 1.82) is 0 Å². The smallest absolute Gasteiger partial charge is 0.244 e. The van der Waals surface area contributed by atoms with Gasteiger partial charge in [-0.05, 0) is 40.3 Å². The molecular weight excluding hydrogens is 343 g/mol. The van der Waals surface area contributed by atoms with Crippen LogP contribution in [0.4, 0.5) is 0 Å². The van der Waals surface area contributed by atoms with Gasteiger partial charge in [0.25, 0.3) is 0 Å². The number of furan rings is 1. The molecule has 18 heavy (non-hydrogen) atoms. The Morgan fingerprint density at radius 3 is 2.72 bits per heavy atom. The van der Waals surface area contributed by atoms with Gasteiger partial charge in [-0.15, -0.1) is 0 Å². The molecule has 1 N–H and O–H groups in total. The van der Waals surface area contributed by atoms with Crippen LogP contribution in [-0.2, 0) is 11.2 Å². The van der Waals surface area contributed by atoms with Crippen LogP contribution in [0.1, 0.15) is 11.3 Å². The Balaban J connectivity index is 1.83. The van der Waals surface area contributed by atoms with Gasteiger partial charge in [0.2, 0.25) is 5.91 Å². The second-order valence-corrected chi connectivity index (χ2v) is 4.66. The summed E-state index contributed by atoms with van der Waals surface area (Å²) >= 11 is 2.07. The van der Waals surface area contributed by atoms with Crippen LogP contribution < -0.4 is 5.43 Å². The van der Waals surface area contributed by atoms with Gasteiger partial charge in [-0.2, -0.15) is 5.10 Å². The second kappa shape index (κ2) is 6.34. The predicted octanol–water partition coefficient (Wildman–Crippen LogP) is 2.58. The van der Waals surface area contributed by atoms with Gasteiger partial charge in [0, 0.05) is 0 Å². The van der Waals surface area contributed by atoms with Crippen molar-refractivity contribution >= 4 is 34.7 Å². The van der Waals surface area contributed by atoms with E-state index in [4.69, 9.17) is 4.42 Å². The van der Waals surface area contributed by atoms with Crippen LogP contribution in [-0.4, -0.2) is 12.1 Å². The Morgan fingerprint density at radius 2 is 2.06 bits per heavy atom. The van der Waals surface area contributed by atoms with Gasteiger partial charge < -0.3 is 4.42 Å². The highest BCUT2D eigenvalue weighted by atomic mass is 127. The quantitative estimate of drug-likeness (QED) is 0.521. The number of hydrazone groups is 1. The number of halogens is 1. The van der Waals surface area contributed by atoms with Crippen LogP contribution in [0.3, 0.4) is 0 Å². The molecule has 0 atom stereocenters. The fourth-order valence-electron chi connectivity index (χ4n) is 1.39. The maximum Gasteiger partial charge on any atom is 0.244 e. The number of hydrogen-bond acceptors (Lipinski definition) is 3. The molecule has 0 unspecified atom stereocenters. The fraction of sp³-hybridized carbons (Fsp3) is 0.0769. The molecule has 5 heteroatoms. The van der Waals surface area contributed by atoms with Gasteiger partial charge in [-0.1, -0.05) is 30.3 Å². The first kappa shape index (κ1) is 12.8. The molecule has 0 spiro atoms. The molecule has 2 rings (SSSR count). The first-order valence-corrected chi connectivity index (χ1v) is 6.43. The Bertz CT molecular complexity index is 549. The zero-order chi connectivity index (χ0) is 12.8. The second-order valence-electron chi connectivity index (χ2n) is 3.60. The van der Waals surface area contributed by atoms with Crippen molar-refractivity contribution in [3.8, 4) is 0 Å². The molecule has 0 bridgehead atoms. The van der Waals surface area contributed by atoms with Gasteiger partial charge in [0.15, 0.2) is 3.77 Å². The minimum Gasteiger partial charge on any atom is -0.449 e. The minimum atomic E-state index is -0.154. The average Bonchev–Trinajstić information content (AvgIpc) is 2.76. The van der Waals surface area contributed by atoms with Crippen LogP contribution >= 0.6 is 22.6 Å². The Hall–Kier alpha value is -1.63. The number of nitrogens with one attached hydrogen (secondary N) is 1. The summed E-state index contributed by atoms with van der Waals surface area (Å²) in [5.41, 5.74) is 3.41. The van der Waals surface area contributed by atoms with Crippen LogP contribution in [0, 0.1) is 3.77 Å². The molecule has 0 fully saturated rings. The van der Waals surface area contributed by atoms with E-state index in [0.717, 1.165) is 9.33 Å². The van der Waals surface area contributed by atoms with Crippen LogP contribution in [0.15, 0.2) is 52.0 Å². The van der Waals surface area contributed by atoms with E-state index in [1.807, 2.05) is 36.4 Å². The monoisotopic (exact) mass is 354 g/mol. The molecule has 1 aromatic carbocycles. The third-order valence-electron chi connectivity index (χ3n) is 2.18. The van der Waals surface area contributed by atoms with E-state index in [2.05, 4.69) is 33.1 Å². The third kappa shape index (κ3) is 3.99. The molecule has 92 valence electrons. The zero-order valence-corrected chi connectivity index (χ0v) is 11.6. The van der Waals surface area contributed by atoms with E-state index in [9.17, 15) is 4.79 Å². The third-order valence-corrected chi connectivity index (χ3v) is 2.76. The number of nitrogens with zero attached hydrogens (tertiary/aromatic N) is 1. The Kier molecular flexibility index (Phi) is 4.52. The lowest BCUT2D eigenvalue weighted by atomic mass is 10.1. The molecule has 0 radical (unpaired) electrons. The molecule has 0 saturated heterocycles. The predicted molar refractivity (Wildman–Crippen MR) is 77.3 cm³/mol. The van der Waals surface area contributed by atoms with E-state index in [1.54, 1.807) is 6.07 Å². The maximum absolute atomic E-state index is 11.6. The maximum atomic E-state index is 11.6. The summed E-state index contributed by atoms with van der Waals surface area (Å²) in [4.78, 5) is 11.6. The summed E-state index contributed by atoms with van der Waals surface area (Å²) < 4.78 is 6.05. The number of carbonyl (C=O) groups is 1. The lowest BCUT2D eigenvalue weighted by Crippen LogP contribution is -2.19. The molecule has 0 aliphatic carbocycles. The Morgan fingerprint density at radius 1 is 1.28 bits per heavy atom. The SMILES string of the molecule is O=C(Cc1ccccc1)N/N=C\c1ccc(I)o1. The van der Waals surface area contributed by atoms with Gasteiger partial charge in [-0.3, -0.25) is 4.79 Å². The molecule has 0 aliphatic heterocycles. The van der Waals surface area contributed by atoms with Crippen molar-refractivity contribution in [3.63, 3.8) is 0 Å². The van der Waals surface area contributed by atoms with Crippen LogP contribution in [0.2, 0.25) is 0 Å². The lowest BCUT2D eigenvalue weighted by molar-refractivity contribution is -0.120.